The lowest BCUT2D eigenvalue weighted by Crippen LogP contribution is -2.34. The van der Waals surface area contributed by atoms with E-state index in [1.165, 1.54) is 67.5 Å². The summed E-state index contributed by atoms with van der Waals surface area (Å²) in [5.41, 5.74) is 9.51. The van der Waals surface area contributed by atoms with Crippen LogP contribution in [0.15, 0.2) is 6.07 Å². The third-order valence-corrected chi connectivity index (χ3v) is 6.76. The predicted molar refractivity (Wildman–Crippen MR) is 104 cm³/mol. The summed E-state index contributed by atoms with van der Waals surface area (Å²) in [7, 11) is 0. The zero-order chi connectivity index (χ0) is 17.2. The minimum Gasteiger partial charge on any atom is -0.397 e. The van der Waals surface area contributed by atoms with Crippen LogP contribution in [0.25, 0.3) is 10.2 Å². The molecular formula is C20H27N3OS. The Morgan fingerprint density at radius 1 is 1.08 bits per heavy atom. The van der Waals surface area contributed by atoms with Gasteiger partial charge in [0, 0.05) is 17.1 Å². The molecule has 25 heavy (non-hydrogen) atoms. The summed E-state index contributed by atoms with van der Waals surface area (Å²) in [5, 5.41) is 4.19. The maximum atomic E-state index is 12.8. The smallest absolute Gasteiger partial charge is 0.263 e. The van der Waals surface area contributed by atoms with E-state index in [9.17, 15) is 4.79 Å². The Hall–Kier alpha value is -1.62. The molecule has 2 heterocycles. The summed E-state index contributed by atoms with van der Waals surface area (Å²) in [6, 6.07) is 2.49. The van der Waals surface area contributed by atoms with E-state index in [1.54, 1.807) is 0 Å². The van der Waals surface area contributed by atoms with Crippen molar-refractivity contribution in [3.8, 4) is 0 Å². The van der Waals surface area contributed by atoms with Gasteiger partial charge in [0.1, 0.15) is 9.71 Å². The van der Waals surface area contributed by atoms with Crippen molar-refractivity contribution in [2.75, 3.05) is 5.73 Å². The van der Waals surface area contributed by atoms with Crippen LogP contribution in [0, 0.1) is 0 Å². The SMILES string of the molecule is Nc1c(C(=O)NC2CCCCCC2)sc2nc3c(cc12)CCCCC3. The maximum absolute atomic E-state index is 12.8. The lowest BCUT2D eigenvalue weighted by atomic mass is 10.1. The highest BCUT2D eigenvalue weighted by atomic mass is 32.1. The van der Waals surface area contributed by atoms with Crippen molar-refractivity contribution >= 4 is 33.1 Å². The Labute approximate surface area is 153 Å². The van der Waals surface area contributed by atoms with Gasteiger partial charge in [0.15, 0.2) is 0 Å². The summed E-state index contributed by atoms with van der Waals surface area (Å²) in [6.45, 7) is 0. The highest BCUT2D eigenvalue weighted by Crippen LogP contribution is 2.35. The molecule has 2 aliphatic rings. The van der Waals surface area contributed by atoms with E-state index in [4.69, 9.17) is 10.7 Å². The Morgan fingerprint density at radius 3 is 2.60 bits per heavy atom. The van der Waals surface area contributed by atoms with Crippen molar-refractivity contribution < 1.29 is 4.79 Å². The fourth-order valence-electron chi connectivity index (χ4n) is 4.18. The number of carbonyl (C=O) groups is 1. The third kappa shape index (κ3) is 3.52. The molecule has 0 aromatic carbocycles. The first-order chi connectivity index (χ1) is 12.2. The number of rotatable bonds is 2. The molecule has 0 unspecified atom stereocenters. The van der Waals surface area contributed by atoms with Crippen molar-refractivity contribution in [3.05, 3.63) is 22.2 Å². The highest BCUT2D eigenvalue weighted by molar-refractivity contribution is 7.21. The van der Waals surface area contributed by atoms with Gasteiger partial charge in [0.2, 0.25) is 0 Å². The van der Waals surface area contributed by atoms with Crippen molar-refractivity contribution in [1.29, 1.82) is 0 Å². The van der Waals surface area contributed by atoms with Crippen LogP contribution in [-0.2, 0) is 12.8 Å². The molecule has 3 N–H and O–H groups in total. The van der Waals surface area contributed by atoms with E-state index in [0.717, 1.165) is 35.9 Å². The van der Waals surface area contributed by atoms with Gasteiger partial charge in [-0.25, -0.2) is 4.98 Å². The van der Waals surface area contributed by atoms with Gasteiger partial charge in [-0.3, -0.25) is 4.79 Å². The molecular weight excluding hydrogens is 330 g/mol. The average molecular weight is 358 g/mol. The molecule has 1 fully saturated rings. The number of thiophene rings is 1. The van der Waals surface area contributed by atoms with Gasteiger partial charge < -0.3 is 11.1 Å². The fraction of sp³-hybridized carbons (Fsp3) is 0.600. The minimum absolute atomic E-state index is 0.0115. The Kier molecular flexibility index (Phi) is 4.93. The fourth-order valence-corrected chi connectivity index (χ4v) is 5.18. The largest absolute Gasteiger partial charge is 0.397 e. The topological polar surface area (TPSA) is 68.0 Å². The van der Waals surface area contributed by atoms with Crippen LogP contribution in [-0.4, -0.2) is 16.9 Å². The van der Waals surface area contributed by atoms with Crippen LogP contribution >= 0.6 is 11.3 Å². The summed E-state index contributed by atoms with van der Waals surface area (Å²) in [5.74, 6) is -0.0115. The van der Waals surface area contributed by atoms with Gasteiger partial charge in [-0.1, -0.05) is 32.1 Å². The Morgan fingerprint density at radius 2 is 1.80 bits per heavy atom. The second-order valence-corrected chi connectivity index (χ2v) is 8.51. The number of amides is 1. The number of carbonyl (C=O) groups excluding carboxylic acids is 1. The first-order valence-corrected chi connectivity index (χ1v) is 10.6. The number of hydrogen-bond donors (Lipinski definition) is 2. The van der Waals surface area contributed by atoms with Gasteiger partial charge >= 0.3 is 0 Å². The number of aryl methyl sites for hydroxylation is 2. The molecule has 0 aliphatic heterocycles. The molecule has 4 rings (SSSR count). The zero-order valence-corrected chi connectivity index (χ0v) is 15.6. The quantitative estimate of drug-likeness (QED) is 0.610. The molecule has 2 aromatic heterocycles. The molecule has 5 heteroatoms. The number of nitrogens with one attached hydrogen (secondary N) is 1. The van der Waals surface area contributed by atoms with E-state index in [-0.39, 0.29) is 5.91 Å². The molecule has 1 amide bonds. The number of fused-ring (bicyclic) bond motifs is 2. The Balaban J connectivity index is 1.61. The maximum Gasteiger partial charge on any atom is 0.263 e. The highest BCUT2D eigenvalue weighted by Gasteiger charge is 2.22. The minimum atomic E-state index is -0.0115. The first kappa shape index (κ1) is 16.8. The third-order valence-electron chi connectivity index (χ3n) is 5.65. The van der Waals surface area contributed by atoms with Crippen LogP contribution in [0.3, 0.4) is 0 Å². The predicted octanol–water partition coefficient (Wildman–Crippen LogP) is 4.60. The number of hydrogen-bond acceptors (Lipinski definition) is 4. The second kappa shape index (κ2) is 7.32. The van der Waals surface area contributed by atoms with E-state index < -0.39 is 0 Å². The summed E-state index contributed by atoms with van der Waals surface area (Å²) in [4.78, 5) is 19.2. The molecule has 0 radical (unpaired) electrons. The molecule has 2 aliphatic carbocycles. The van der Waals surface area contributed by atoms with Crippen LogP contribution in [0.1, 0.15) is 78.7 Å². The second-order valence-electron chi connectivity index (χ2n) is 7.51. The lowest BCUT2D eigenvalue weighted by molar-refractivity contribution is 0.0938. The molecule has 0 saturated heterocycles. The van der Waals surface area contributed by atoms with Gasteiger partial charge in [-0.15, -0.1) is 11.3 Å². The van der Waals surface area contributed by atoms with E-state index in [2.05, 4.69) is 11.4 Å². The number of nitrogens with two attached hydrogens (primary N) is 1. The molecule has 0 spiro atoms. The molecule has 2 aromatic rings. The van der Waals surface area contributed by atoms with Crippen molar-refractivity contribution in [1.82, 2.24) is 10.3 Å². The van der Waals surface area contributed by atoms with Crippen LogP contribution in [0.5, 0.6) is 0 Å². The van der Waals surface area contributed by atoms with Crippen LogP contribution in [0.4, 0.5) is 5.69 Å². The van der Waals surface area contributed by atoms with Gasteiger partial charge in [0.05, 0.1) is 5.69 Å². The standard InChI is InChI=1S/C20H27N3OS/c21-17-15-12-13-8-4-3-7-11-16(13)23-20(15)25-18(17)19(24)22-14-9-5-1-2-6-10-14/h12,14H,1-11,21H2,(H,22,24). The first-order valence-electron chi connectivity index (χ1n) is 9.74. The van der Waals surface area contributed by atoms with Gasteiger partial charge in [-0.05, 0) is 50.2 Å². The lowest BCUT2D eigenvalue weighted by Gasteiger charge is -2.15. The molecule has 0 atom stereocenters. The van der Waals surface area contributed by atoms with Crippen LogP contribution < -0.4 is 11.1 Å². The van der Waals surface area contributed by atoms with Crippen molar-refractivity contribution in [3.63, 3.8) is 0 Å². The summed E-state index contributed by atoms with van der Waals surface area (Å²) >= 11 is 1.46. The van der Waals surface area contributed by atoms with E-state index in [0.29, 0.717) is 16.6 Å². The van der Waals surface area contributed by atoms with Gasteiger partial charge in [0.25, 0.3) is 5.91 Å². The Bertz CT molecular complexity index is 775. The molecule has 1 saturated carbocycles. The number of nitrogens with zero attached hydrogens (tertiary/aromatic N) is 1. The molecule has 134 valence electrons. The van der Waals surface area contributed by atoms with Crippen molar-refractivity contribution in [2.45, 2.75) is 76.7 Å². The normalized spacial score (nSPS) is 19.2. The van der Waals surface area contributed by atoms with E-state index in [1.807, 2.05) is 0 Å². The van der Waals surface area contributed by atoms with E-state index >= 15 is 0 Å². The zero-order valence-electron chi connectivity index (χ0n) is 14.8. The average Bonchev–Trinajstić information content (AvgIpc) is 2.84. The summed E-state index contributed by atoms with van der Waals surface area (Å²) < 4.78 is 0. The molecule has 4 nitrogen and oxygen atoms in total. The summed E-state index contributed by atoms with van der Waals surface area (Å²) in [6.07, 6.45) is 13.0. The van der Waals surface area contributed by atoms with Crippen molar-refractivity contribution in [2.24, 2.45) is 0 Å². The number of anilines is 1. The van der Waals surface area contributed by atoms with Gasteiger partial charge in [-0.2, -0.15) is 0 Å². The number of pyridine rings is 1. The molecule has 0 bridgehead atoms. The van der Waals surface area contributed by atoms with Crippen LogP contribution in [0.2, 0.25) is 0 Å². The monoisotopic (exact) mass is 357 g/mol. The number of aromatic nitrogens is 1. The number of nitrogen functional groups attached to an aromatic ring is 1.